The number of carboxylic acids is 1. The Kier molecular flexibility index (Phi) is 4.73. The van der Waals surface area contributed by atoms with Gasteiger partial charge in [-0.3, -0.25) is 9.69 Å². The van der Waals surface area contributed by atoms with Crippen molar-refractivity contribution in [1.29, 1.82) is 0 Å². The molecule has 0 spiro atoms. The van der Waals surface area contributed by atoms with Crippen LogP contribution < -0.4 is 5.56 Å². The zero-order valence-electron chi connectivity index (χ0n) is 13.4. The zero-order valence-corrected chi connectivity index (χ0v) is 13.4. The molecule has 0 aliphatic carbocycles. The first-order chi connectivity index (χ1) is 11.5. The number of aryl methyl sites for hydroxylation is 1. The van der Waals surface area contributed by atoms with E-state index in [2.05, 4.69) is 14.9 Å². The van der Waals surface area contributed by atoms with Crippen LogP contribution in [0.3, 0.4) is 0 Å². The number of hydrogen-bond donors (Lipinski definition) is 2. The molecule has 2 heterocycles. The van der Waals surface area contributed by atoms with Crippen LogP contribution in [0.15, 0.2) is 35.1 Å². The summed E-state index contributed by atoms with van der Waals surface area (Å²) in [5.74, 6) is -0.420. The van der Waals surface area contributed by atoms with Crippen molar-refractivity contribution in [3.63, 3.8) is 0 Å². The third-order valence-electron chi connectivity index (χ3n) is 3.99. The monoisotopic (exact) mass is 329 g/mol. The van der Waals surface area contributed by atoms with Crippen LogP contribution in [0.5, 0.6) is 0 Å². The van der Waals surface area contributed by atoms with Gasteiger partial charge < -0.3 is 14.8 Å². The second-order valence-electron chi connectivity index (χ2n) is 5.83. The van der Waals surface area contributed by atoms with E-state index in [1.54, 1.807) is 19.1 Å². The third-order valence-corrected chi connectivity index (χ3v) is 3.99. The van der Waals surface area contributed by atoms with Gasteiger partial charge in [-0.1, -0.05) is 18.2 Å². The fourth-order valence-electron chi connectivity index (χ4n) is 2.87. The minimum Gasteiger partial charge on any atom is -0.478 e. The lowest BCUT2D eigenvalue weighted by Crippen LogP contribution is -2.39. The fraction of sp³-hybridized carbons (Fsp3) is 0.353. The molecule has 1 atom stereocenters. The number of H-pyrrole nitrogens is 1. The van der Waals surface area contributed by atoms with Crippen LogP contribution in [0.4, 0.5) is 0 Å². The normalized spacial score (nSPS) is 18.5. The standard InChI is InChI=1S/C17H19N3O4/c1-11-8-15(21)19-16(18-11)14-10-20(6-7-24-14)9-12-4-2-3-5-13(12)17(22)23/h2-5,8,14H,6-7,9-10H2,1H3,(H,22,23)(H,18,19,21)/t14-/m0/s1. The second kappa shape index (κ2) is 6.94. The van der Waals surface area contributed by atoms with E-state index < -0.39 is 5.97 Å². The minimum absolute atomic E-state index is 0.200. The van der Waals surface area contributed by atoms with Gasteiger partial charge in [0, 0.05) is 31.4 Å². The van der Waals surface area contributed by atoms with Crippen LogP contribution in [0.2, 0.25) is 0 Å². The highest BCUT2D eigenvalue weighted by Crippen LogP contribution is 2.21. The van der Waals surface area contributed by atoms with Gasteiger partial charge in [0.15, 0.2) is 0 Å². The average molecular weight is 329 g/mol. The fourth-order valence-corrected chi connectivity index (χ4v) is 2.87. The number of benzene rings is 1. The maximum absolute atomic E-state index is 11.6. The van der Waals surface area contributed by atoms with E-state index >= 15 is 0 Å². The molecule has 2 aromatic rings. The number of ether oxygens (including phenoxy) is 1. The summed E-state index contributed by atoms with van der Waals surface area (Å²) in [6.07, 6.45) is -0.330. The second-order valence-corrected chi connectivity index (χ2v) is 5.83. The van der Waals surface area contributed by atoms with Crippen molar-refractivity contribution in [2.24, 2.45) is 0 Å². The number of carboxylic acid groups (broad SMARTS) is 1. The molecule has 1 aromatic carbocycles. The Bertz CT molecular complexity index is 802. The van der Waals surface area contributed by atoms with Gasteiger partial charge in [0.1, 0.15) is 11.9 Å². The lowest BCUT2D eigenvalue weighted by Gasteiger charge is -2.32. The van der Waals surface area contributed by atoms with Crippen molar-refractivity contribution in [1.82, 2.24) is 14.9 Å². The number of aromatic amines is 1. The summed E-state index contributed by atoms with van der Waals surface area (Å²) >= 11 is 0. The Balaban J connectivity index is 1.77. The Morgan fingerprint density at radius 3 is 3.00 bits per heavy atom. The van der Waals surface area contributed by atoms with Gasteiger partial charge in [-0.15, -0.1) is 0 Å². The predicted molar refractivity (Wildman–Crippen MR) is 87.0 cm³/mol. The Morgan fingerprint density at radius 2 is 2.25 bits per heavy atom. The first-order valence-corrected chi connectivity index (χ1v) is 7.76. The van der Waals surface area contributed by atoms with Crippen molar-refractivity contribution in [3.05, 3.63) is 63.3 Å². The van der Waals surface area contributed by atoms with E-state index in [0.29, 0.717) is 43.3 Å². The number of aromatic nitrogens is 2. The molecule has 1 saturated heterocycles. The van der Waals surface area contributed by atoms with Crippen molar-refractivity contribution >= 4 is 5.97 Å². The molecule has 1 aliphatic rings. The quantitative estimate of drug-likeness (QED) is 0.879. The molecule has 0 radical (unpaired) electrons. The van der Waals surface area contributed by atoms with Gasteiger partial charge in [-0.05, 0) is 18.6 Å². The van der Waals surface area contributed by atoms with Crippen LogP contribution in [-0.4, -0.2) is 45.6 Å². The van der Waals surface area contributed by atoms with Crippen molar-refractivity contribution < 1.29 is 14.6 Å². The molecule has 7 nitrogen and oxygen atoms in total. The molecule has 0 amide bonds. The number of carbonyl (C=O) groups is 1. The number of aromatic carboxylic acids is 1. The van der Waals surface area contributed by atoms with E-state index in [1.165, 1.54) is 6.07 Å². The molecular formula is C17H19N3O4. The van der Waals surface area contributed by atoms with E-state index in [4.69, 9.17) is 4.74 Å². The molecule has 3 rings (SSSR count). The Morgan fingerprint density at radius 1 is 1.46 bits per heavy atom. The Hall–Kier alpha value is -2.51. The van der Waals surface area contributed by atoms with E-state index in [1.807, 2.05) is 12.1 Å². The predicted octanol–water partition coefficient (Wildman–Crippen LogP) is 1.35. The van der Waals surface area contributed by atoms with Crippen molar-refractivity contribution in [2.45, 2.75) is 19.6 Å². The van der Waals surface area contributed by atoms with Crippen LogP contribution in [-0.2, 0) is 11.3 Å². The molecule has 24 heavy (non-hydrogen) atoms. The maximum Gasteiger partial charge on any atom is 0.336 e. The van der Waals surface area contributed by atoms with E-state index in [0.717, 1.165) is 5.56 Å². The van der Waals surface area contributed by atoms with Crippen LogP contribution in [0, 0.1) is 6.92 Å². The van der Waals surface area contributed by atoms with Crippen LogP contribution >= 0.6 is 0 Å². The molecule has 1 aromatic heterocycles. The zero-order chi connectivity index (χ0) is 17.1. The van der Waals surface area contributed by atoms with Gasteiger partial charge in [-0.25, -0.2) is 9.78 Å². The molecule has 7 heteroatoms. The summed E-state index contributed by atoms with van der Waals surface area (Å²) in [7, 11) is 0. The molecular weight excluding hydrogens is 310 g/mol. The SMILES string of the molecule is Cc1cc(=O)[nH]c([C@@H]2CN(Cc3ccccc3C(=O)O)CCO2)n1. The first kappa shape index (κ1) is 16.4. The number of nitrogens with one attached hydrogen (secondary N) is 1. The van der Waals surface area contributed by atoms with Crippen LogP contribution in [0.1, 0.15) is 33.5 Å². The van der Waals surface area contributed by atoms with Crippen LogP contribution in [0.25, 0.3) is 0 Å². The minimum atomic E-state index is -0.930. The number of rotatable bonds is 4. The lowest BCUT2D eigenvalue weighted by atomic mass is 10.1. The lowest BCUT2D eigenvalue weighted by molar-refractivity contribution is -0.0374. The summed E-state index contributed by atoms with van der Waals surface area (Å²) in [6, 6.07) is 8.42. The summed E-state index contributed by atoms with van der Waals surface area (Å²) < 4.78 is 5.73. The molecule has 1 aliphatic heterocycles. The van der Waals surface area contributed by atoms with E-state index in [9.17, 15) is 14.7 Å². The number of hydrogen-bond acceptors (Lipinski definition) is 5. The van der Waals surface area contributed by atoms with E-state index in [-0.39, 0.29) is 11.7 Å². The highest BCUT2D eigenvalue weighted by molar-refractivity contribution is 5.89. The number of morpholine rings is 1. The van der Waals surface area contributed by atoms with Crippen molar-refractivity contribution in [3.8, 4) is 0 Å². The van der Waals surface area contributed by atoms with Gasteiger partial charge in [-0.2, -0.15) is 0 Å². The van der Waals surface area contributed by atoms with Gasteiger partial charge in [0.2, 0.25) is 0 Å². The van der Waals surface area contributed by atoms with Gasteiger partial charge >= 0.3 is 5.97 Å². The number of nitrogens with zero attached hydrogens (tertiary/aromatic N) is 2. The first-order valence-electron chi connectivity index (χ1n) is 7.76. The Labute approximate surface area is 138 Å². The highest BCUT2D eigenvalue weighted by atomic mass is 16.5. The van der Waals surface area contributed by atoms with Gasteiger partial charge in [0.05, 0.1) is 12.2 Å². The molecule has 1 fully saturated rings. The summed E-state index contributed by atoms with van der Waals surface area (Å²) in [4.78, 5) is 32.1. The topological polar surface area (TPSA) is 95.5 Å². The molecule has 0 bridgehead atoms. The highest BCUT2D eigenvalue weighted by Gasteiger charge is 2.25. The molecule has 0 saturated carbocycles. The van der Waals surface area contributed by atoms with Gasteiger partial charge in [0.25, 0.3) is 5.56 Å². The molecule has 0 unspecified atom stereocenters. The average Bonchev–Trinajstić information content (AvgIpc) is 2.54. The molecule has 126 valence electrons. The summed E-state index contributed by atoms with van der Waals surface area (Å²) in [5.41, 5.74) is 1.51. The maximum atomic E-state index is 11.6. The summed E-state index contributed by atoms with van der Waals surface area (Å²) in [6.45, 7) is 4.01. The largest absolute Gasteiger partial charge is 0.478 e. The smallest absolute Gasteiger partial charge is 0.336 e. The molecule has 2 N–H and O–H groups in total. The third kappa shape index (κ3) is 3.69. The summed E-state index contributed by atoms with van der Waals surface area (Å²) in [5, 5.41) is 9.29. The van der Waals surface area contributed by atoms with Crippen molar-refractivity contribution in [2.75, 3.05) is 19.7 Å².